The number of rotatable bonds is 6. The molecule has 1 aliphatic rings. The lowest BCUT2D eigenvalue weighted by Gasteiger charge is -2.10. The number of hydrazine groups is 1. The van der Waals surface area contributed by atoms with Crippen LogP contribution in [-0.4, -0.2) is 39.0 Å². The zero-order valence-electron chi connectivity index (χ0n) is 17.5. The van der Waals surface area contributed by atoms with Crippen molar-refractivity contribution in [3.63, 3.8) is 0 Å². The smallest absolute Gasteiger partial charge is 0.309 e. The van der Waals surface area contributed by atoms with Gasteiger partial charge in [-0.3, -0.25) is 25.2 Å². The van der Waals surface area contributed by atoms with Crippen LogP contribution in [0.3, 0.4) is 0 Å². The normalized spacial score (nSPS) is 13.5. The van der Waals surface area contributed by atoms with E-state index < -0.39 is 11.8 Å². The first kappa shape index (κ1) is 21.2. The summed E-state index contributed by atoms with van der Waals surface area (Å²) in [4.78, 5) is 41.0. The Kier molecular flexibility index (Phi) is 6.54. The van der Waals surface area contributed by atoms with Gasteiger partial charge in [-0.2, -0.15) is 0 Å². The van der Waals surface area contributed by atoms with Crippen molar-refractivity contribution in [3.05, 3.63) is 66.5 Å². The summed E-state index contributed by atoms with van der Waals surface area (Å²) in [6, 6.07) is 18.7. The lowest BCUT2D eigenvalue weighted by atomic mass is 10.1. The number of nitrogens with zero attached hydrogens (tertiary/aromatic N) is 3. The number of aromatic nitrogens is 3. The van der Waals surface area contributed by atoms with Gasteiger partial charge in [-0.15, -0.1) is 5.10 Å². The Hall–Kier alpha value is -4.01. The third kappa shape index (κ3) is 5.00. The van der Waals surface area contributed by atoms with Gasteiger partial charge >= 0.3 is 5.91 Å². The number of para-hydroxylation sites is 1. The topological polar surface area (TPSA) is 118 Å². The first-order chi connectivity index (χ1) is 15.6. The van der Waals surface area contributed by atoms with Gasteiger partial charge < -0.3 is 5.32 Å². The third-order valence-electron chi connectivity index (χ3n) is 5.31. The molecular formula is C23H24N6O3. The summed E-state index contributed by atoms with van der Waals surface area (Å²) >= 11 is 0. The molecule has 0 aliphatic heterocycles. The van der Waals surface area contributed by atoms with Crippen molar-refractivity contribution < 1.29 is 14.4 Å². The summed E-state index contributed by atoms with van der Waals surface area (Å²) in [6.45, 7) is -0.212. The molecule has 164 valence electrons. The molecule has 1 heterocycles. The van der Waals surface area contributed by atoms with E-state index in [1.165, 1.54) is 0 Å². The summed E-state index contributed by atoms with van der Waals surface area (Å²) in [6.07, 6.45) is 3.77. The number of hydrogen-bond acceptors (Lipinski definition) is 5. The highest BCUT2D eigenvalue weighted by molar-refractivity contribution is 5.93. The van der Waals surface area contributed by atoms with Crippen molar-refractivity contribution in [1.29, 1.82) is 0 Å². The molecule has 9 heteroatoms. The second-order valence-corrected chi connectivity index (χ2v) is 7.57. The van der Waals surface area contributed by atoms with Crippen LogP contribution in [0.2, 0.25) is 0 Å². The van der Waals surface area contributed by atoms with E-state index in [-0.39, 0.29) is 24.2 Å². The van der Waals surface area contributed by atoms with Crippen LogP contribution in [0, 0.1) is 5.92 Å². The lowest BCUT2D eigenvalue weighted by Crippen LogP contribution is -2.47. The molecule has 3 amide bonds. The monoisotopic (exact) mass is 432 g/mol. The van der Waals surface area contributed by atoms with Crippen LogP contribution in [0.1, 0.15) is 36.3 Å². The van der Waals surface area contributed by atoms with E-state index in [4.69, 9.17) is 0 Å². The molecule has 0 bridgehead atoms. The third-order valence-corrected chi connectivity index (χ3v) is 5.31. The highest BCUT2D eigenvalue weighted by Gasteiger charge is 2.23. The molecule has 2 aromatic carbocycles. The van der Waals surface area contributed by atoms with Gasteiger partial charge in [-0.1, -0.05) is 61.4 Å². The SMILES string of the molecule is O=C(CNC(=O)C1CCCC1)NNC(=O)c1nc(-c2ccccc2)n(-c2ccccc2)n1. The van der Waals surface area contributed by atoms with Crippen molar-refractivity contribution in [3.8, 4) is 17.1 Å². The summed E-state index contributed by atoms with van der Waals surface area (Å²) in [5.74, 6) is -0.942. The number of carbonyl (C=O) groups excluding carboxylic acids is 3. The predicted octanol–water partition coefficient (Wildman–Crippen LogP) is 2.00. The molecule has 1 aromatic heterocycles. The Labute approximate surface area is 185 Å². The number of amides is 3. The van der Waals surface area contributed by atoms with E-state index in [1.54, 1.807) is 4.68 Å². The highest BCUT2D eigenvalue weighted by Crippen LogP contribution is 2.24. The van der Waals surface area contributed by atoms with Crippen molar-refractivity contribution in [2.75, 3.05) is 6.54 Å². The molecule has 32 heavy (non-hydrogen) atoms. The quantitative estimate of drug-likeness (QED) is 0.515. The Balaban J connectivity index is 1.41. The minimum absolute atomic E-state index is 0.0278. The van der Waals surface area contributed by atoms with Gasteiger partial charge in [0.1, 0.15) is 0 Å². The maximum absolute atomic E-state index is 12.6. The van der Waals surface area contributed by atoms with Crippen LogP contribution < -0.4 is 16.2 Å². The maximum Gasteiger partial charge on any atom is 0.309 e. The predicted molar refractivity (Wildman–Crippen MR) is 117 cm³/mol. The molecule has 1 fully saturated rings. The van der Waals surface area contributed by atoms with Crippen LogP contribution in [0.25, 0.3) is 17.1 Å². The number of benzene rings is 2. The molecule has 0 radical (unpaired) electrons. The fraction of sp³-hybridized carbons (Fsp3) is 0.261. The number of carbonyl (C=O) groups is 3. The first-order valence-electron chi connectivity index (χ1n) is 10.6. The Morgan fingerprint density at radius 2 is 1.56 bits per heavy atom. The summed E-state index contributed by atoms with van der Waals surface area (Å²) in [5.41, 5.74) is 6.14. The maximum atomic E-state index is 12.6. The van der Waals surface area contributed by atoms with Crippen LogP contribution in [0.15, 0.2) is 60.7 Å². The molecule has 4 rings (SSSR count). The number of nitrogens with one attached hydrogen (secondary N) is 3. The van der Waals surface area contributed by atoms with Crippen LogP contribution in [0.4, 0.5) is 0 Å². The molecule has 9 nitrogen and oxygen atoms in total. The standard InChI is InChI=1S/C23H24N6O3/c30-19(15-24-22(31)17-11-7-8-12-17)26-27-23(32)20-25-21(16-9-3-1-4-10-16)29(28-20)18-13-5-2-6-14-18/h1-6,9-10,13-14,17H,7-8,11-12,15H2,(H,24,31)(H,26,30)(H,27,32). The zero-order chi connectivity index (χ0) is 22.3. The van der Waals surface area contributed by atoms with Crippen LogP contribution in [-0.2, 0) is 9.59 Å². The largest absolute Gasteiger partial charge is 0.347 e. The summed E-state index contributed by atoms with van der Waals surface area (Å²) < 4.78 is 1.58. The summed E-state index contributed by atoms with van der Waals surface area (Å²) in [7, 11) is 0. The van der Waals surface area contributed by atoms with E-state index in [0.717, 1.165) is 36.9 Å². The Morgan fingerprint density at radius 3 is 2.25 bits per heavy atom. The molecule has 3 aromatic rings. The highest BCUT2D eigenvalue weighted by atomic mass is 16.2. The second-order valence-electron chi connectivity index (χ2n) is 7.57. The van der Waals surface area contributed by atoms with Crippen molar-refractivity contribution in [2.24, 2.45) is 5.92 Å². The van der Waals surface area contributed by atoms with Crippen molar-refractivity contribution in [1.82, 2.24) is 30.9 Å². The first-order valence-corrected chi connectivity index (χ1v) is 10.6. The molecule has 0 saturated heterocycles. The van der Waals surface area contributed by atoms with Gasteiger partial charge in [-0.05, 0) is 25.0 Å². The van der Waals surface area contributed by atoms with E-state index in [2.05, 4.69) is 26.3 Å². The lowest BCUT2D eigenvalue weighted by molar-refractivity contribution is -0.128. The van der Waals surface area contributed by atoms with Gasteiger partial charge in [0.05, 0.1) is 12.2 Å². The fourth-order valence-corrected chi connectivity index (χ4v) is 3.66. The van der Waals surface area contributed by atoms with Crippen molar-refractivity contribution in [2.45, 2.75) is 25.7 Å². The van der Waals surface area contributed by atoms with E-state index in [9.17, 15) is 14.4 Å². The average Bonchev–Trinajstić information content (AvgIpc) is 3.53. The van der Waals surface area contributed by atoms with Crippen LogP contribution >= 0.6 is 0 Å². The molecular weight excluding hydrogens is 408 g/mol. The average molecular weight is 432 g/mol. The van der Waals surface area contributed by atoms with Gasteiger partial charge in [0.15, 0.2) is 5.82 Å². The van der Waals surface area contributed by atoms with Gasteiger partial charge in [0.25, 0.3) is 5.91 Å². The van der Waals surface area contributed by atoms with E-state index in [1.807, 2.05) is 60.7 Å². The minimum Gasteiger partial charge on any atom is -0.347 e. The second kappa shape index (κ2) is 9.86. The fourth-order valence-electron chi connectivity index (χ4n) is 3.66. The van der Waals surface area contributed by atoms with Crippen LogP contribution in [0.5, 0.6) is 0 Å². The van der Waals surface area contributed by atoms with Gasteiger partial charge in [-0.25, -0.2) is 9.67 Å². The van der Waals surface area contributed by atoms with Gasteiger partial charge in [0, 0.05) is 11.5 Å². The minimum atomic E-state index is -0.660. The zero-order valence-corrected chi connectivity index (χ0v) is 17.5. The molecule has 1 saturated carbocycles. The Bertz CT molecular complexity index is 1030. The molecule has 3 N–H and O–H groups in total. The number of hydrogen-bond donors (Lipinski definition) is 3. The van der Waals surface area contributed by atoms with Gasteiger partial charge in [0.2, 0.25) is 11.7 Å². The van der Waals surface area contributed by atoms with E-state index >= 15 is 0 Å². The summed E-state index contributed by atoms with van der Waals surface area (Å²) in [5, 5.41) is 6.94. The van der Waals surface area contributed by atoms with Crippen molar-refractivity contribution >= 4 is 17.7 Å². The Morgan fingerprint density at radius 1 is 0.906 bits per heavy atom. The molecule has 1 aliphatic carbocycles. The molecule has 0 spiro atoms. The molecule has 0 unspecified atom stereocenters. The molecule has 0 atom stereocenters. The van der Waals surface area contributed by atoms with E-state index in [0.29, 0.717) is 5.82 Å².